The molecule has 2 heterocycles. The third kappa shape index (κ3) is 3.00. The van der Waals surface area contributed by atoms with E-state index in [2.05, 4.69) is 58.5 Å². The maximum Gasteiger partial charge on any atom is 0.227 e. The smallest absolute Gasteiger partial charge is 0.227 e. The molecule has 0 radical (unpaired) electrons. The normalized spacial score (nSPS) is 15.6. The lowest BCUT2D eigenvalue weighted by atomic mass is 9.88. The molecule has 1 amide bonds. The number of rotatable bonds is 4. The number of carbonyl (C=O) groups excluding carboxylic acids is 1. The number of halogens is 1. The lowest BCUT2D eigenvalue weighted by molar-refractivity contribution is -0.121. The number of amides is 1. The van der Waals surface area contributed by atoms with Gasteiger partial charge in [-0.3, -0.25) is 4.79 Å². The van der Waals surface area contributed by atoms with Crippen molar-refractivity contribution in [1.29, 1.82) is 0 Å². The van der Waals surface area contributed by atoms with Gasteiger partial charge in [0.15, 0.2) is 0 Å². The molecule has 2 N–H and O–H groups in total. The Hall–Kier alpha value is -2.04. The van der Waals surface area contributed by atoms with E-state index >= 15 is 0 Å². The van der Waals surface area contributed by atoms with Crippen LogP contribution in [0.25, 0.3) is 21.8 Å². The third-order valence-electron chi connectivity index (χ3n) is 5.29. The van der Waals surface area contributed by atoms with Gasteiger partial charge in [-0.05, 0) is 50.2 Å². The minimum absolute atomic E-state index is 0. The molecule has 132 valence electrons. The Morgan fingerprint density at radius 3 is 2.60 bits per heavy atom. The van der Waals surface area contributed by atoms with Gasteiger partial charge in [-0.2, -0.15) is 0 Å². The highest BCUT2D eigenvalue weighted by atomic mass is 35.5. The van der Waals surface area contributed by atoms with Gasteiger partial charge in [0.05, 0.1) is 0 Å². The van der Waals surface area contributed by atoms with Crippen LogP contribution >= 0.6 is 12.4 Å². The molecule has 5 heteroatoms. The number of anilines is 1. The second kappa shape index (κ2) is 7.06. The van der Waals surface area contributed by atoms with E-state index in [0.29, 0.717) is 5.92 Å². The van der Waals surface area contributed by atoms with E-state index in [1.165, 1.54) is 21.8 Å². The fraction of sp³-hybridized carbons (Fsp3) is 0.350. The van der Waals surface area contributed by atoms with Crippen molar-refractivity contribution in [2.24, 2.45) is 11.8 Å². The molecule has 1 aromatic heterocycles. The van der Waals surface area contributed by atoms with Crippen molar-refractivity contribution in [3.63, 3.8) is 0 Å². The Balaban J connectivity index is 0.00000182. The number of hydrogen-bond acceptors (Lipinski definition) is 2. The lowest BCUT2D eigenvalue weighted by Gasteiger charge is -2.31. The Morgan fingerprint density at radius 2 is 1.92 bits per heavy atom. The Morgan fingerprint density at radius 1 is 1.20 bits per heavy atom. The number of nitrogens with zero attached hydrogens (tertiary/aromatic N) is 1. The van der Waals surface area contributed by atoms with Crippen LogP contribution in [0, 0.1) is 11.8 Å². The van der Waals surface area contributed by atoms with E-state index in [0.717, 1.165) is 25.3 Å². The van der Waals surface area contributed by atoms with Gasteiger partial charge in [-0.15, -0.1) is 12.4 Å². The molecular weight excluding hydrogens is 334 g/mol. The molecule has 0 saturated carbocycles. The van der Waals surface area contributed by atoms with Crippen molar-refractivity contribution in [3.8, 4) is 0 Å². The predicted octanol–water partition coefficient (Wildman–Crippen LogP) is 4.03. The van der Waals surface area contributed by atoms with Gasteiger partial charge >= 0.3 is 0 Å². The molecule has 1 saturated heterocycles. The summed E-state index contributed by atoms with van der Waals surface area (Å²) in [6, 6.07) is 14.7. The van der Waals surface area contributed by atoms with Crippen molar-refractivity contribution in [1.82, 2.24) is 9.88 Å². The lowest BCUT2D eigenvalue weighted by Crippen LogP contribution is -2.48. The van der Waals surface area contributed by atoms with E-state index in [4.69, 9.17) is 0 Å². The minimum Gasteiger partial charge on any atom is -0.341 e. The summed E-state index contributed by atoms with van der Waals surface area (Å²) >= 11 is 0. The number of aryl methyl sites for hydroxylation is 1. The van der Waals surface area contributed by atoms with Gasteiger partial charge in [-0.25, -0.2) is 0 Å². The van der Waals surface area contributed by atoms with Crippen LogP contribution in [0.3, 0.4) is 0 Å². The molecular formula is C20H24ClN3O. The van der Waals surface area contributed by atoms with E-state index in [1.807, 2.05) is 13.0 Å². The maximum atomic E-state index is 12.5. The highest BCUT2D eigenvalue weighted by molar-refractivity contribution is 6.09. The molecule has 0 spiro atoms. The number of nitrogens with one attached hydrogen (secondary N) is 2. The Labute approximate surface area is 154 Å². The zero-order valence-electron chi connectivity index (χ0n) is 14.6. The fourth-order valence-corrected chi connectivity index (χ4v) is 3.61. The van der Waals surface area contributed by atoms with Crippen molar-refractivity contribution < 1.29 is 4.79 Å². The van der Waals surface area contributed by atoms with Crippen molar-refractivity contribution in [2.75, 3.05) is 18.4 Å². The Kier molecular flexibility index (Phi) is 5.02. The molecule has 3 aromatic rings. The van der Waals surface area contributed by atoms with Gasteiger partial charge in [0.1, 0.15) is 0 Å². The first-order chi connectivity index (χ1) is 11.7. The van der Waals surface area contributed by atoms with Crippen LogP contribution in [-0.2, 0) is 11.3 Å². The fourth-order valence-electron chi connectivity index (χ4n) is 3.61. The molecule has 1 atom stereocenters. The highest BCUT2D eigenvalue weighted by Crippen LogP contribution is 2.31. The van der Waals surface area contributed by atoms with E-state index < -0.39 is 0 Å². The highest BCUT2D eigenvalue weighted by Gasteiger charge is 2.28. The summed E-state index contributed by atoms with van der Waals surface area (Å²) < 4.78 is 2.32. The number of carbonyl (C=O) groups is 1. The predicted molar refractivity (Wildman–Crippen MR) is 107 cm³/mol. The number of hydrogen-bond donors (Lipinski definition) is 2. The zero-order valence-corrected chi connectivity index (χ0v) is 15.4. The first kappa shape index (κ1) is 17.8. The molecule has 0 aliphatic carbocycles. The quantitative estimate of drug-likeness (QED) is 0.740. The van der Waals surface area contributed by atoms with Crippen molar-refractivity contribution >= 4 is 45.8 Å². The molecule has 25 heavy (non-hydrogen) atoms. The molecule has 4 rings (SSSR count). The zero-order chi connectivity index (χ0) is 16.7. The van der Waals surface area contributed by atoms with Crippen LogP contribution in [0.1, 0.15) is 13.8 Å². The summed E-state index contributed by atoms with van der Waals surface area (Å²) in [7, 11) is 0. The summed E-state index contributed by atoms with van der Waals surface area (Å²) in [6.07, 6.45) is 0. The number of benzene rings is 2. The van der Waals surface area contributed by atoms with Gasteiger partial charge < -0.3 is 15.2 Å². The van der Waals surface area contributed by atoms with Crippen LogP contribution in [0.5, 0.6) is 0 Å². The molecule has 1 aliphatic rings. The molecule has 1 unspecified atom stereocenters. The van der Waals surface area contributed by atoms with Gasteiger partial charge in [-0.1, -0.05) is 25.1 Å². The van der Waals surface area contributed by atoms with Crippen LogP contribution in [-0.4, -0.2) is 23.6 Å². The standard InChI is InChI=1S/C20H23N3O.ClH/c1-3-23-18-7-5-4-6-16(18)17-10-15(8-9-19(17)23)22-20(24)13(2)14-11-21-12-14;/h4-10,13-14,21H,3,11-12H2,1-2H3,(H,22,24);1H. The summed E-state index contributed by atoms with van der Waals surface area (Å²) in [5, 5.41) is 8.77. The largest absolute Gasteiger partial charge is 0.341 e. The van der Waals surface area contributed by atoms with E-state index in [1.54, 1.807) is 0 Å². The number of fused-ring (bicyclic) bond motifs is 3. The molecule has 4 nitrogen and oxygen atoms in total. The summed E-state index contributed by atoms with van der Waals surface area (Å²) in [4.78, 5) is 12.5. The second-order valence-corrected chi connectivity index (χ2v) is 6.69. The monoisotopic (exact) mass is 357 g/mol. The van der Waals surface area contributed by atoms with Crippen LogP contribution in [0.2, 0.25) is 0 Å². The molecule has 1 aliphatic heterocycles. The van der Waals surface area contributed by atoms with Gasteiger partial charge in [0.25, 0.3) is 0 Å². The summed E-state index contributed by atoms with van der Waals surface area (Å²) in [6.45, 7) is 6.99. The average molecular weight is 358 g/mol. The first-order valence-electron chi connectivity index (χ1n) is 8.71. The first-order valence-corrected chi connectivity index (χ1v) is 8.71. The van der Waals surface area contributed by atoms with Crippen LogP contribution < -0.4 is 10.6 Å². The van der Waals surface area contributed by atoms with Crippen molar-refractivity contribution in [3.05, 3.63) is 42.5 Å². The van der Waals surface area contributed by atoms with E-state index in [9.17, 15) is 4.79 Å². The number of aromatic nitrogens is 1. The number of para-hydroxylation sites is 1. The third-order valence-corrected chi connectivity index (χ3v) is 5.29. The van der Waals surface area contributed by atoms with E-state index in [-0.39, 0.29) is 24.2 Å². The minimum atomic E-state index is 0. The van der Waals surface area contributed by atoms with Gasteiger partial charge in [0, 0.05) is 40.0 Å². The van der Waals surface area contributed by atoms with Crippen LogP contribution in [0.4, 0.5) is 5.69 Å². The van der Waals surface area contributed by atoms with Crippen molar-refractivity contribution in [2.45, 2.75) is 20.4 Å². The average Bonchev–Trinajstić information content (AvgIpc) is 2.86. The molecule has 1 fully saturated rings. The SMILES string of the molecule is CCn1c2ccccc2c2cc(NC(=O)C(C)C3CNC3)ccc21.Cl. The summed E-state index contributed by atoms with van der Waals surface area (Å²) in [5.74, 6) is 0.606. The summed E-state index contributed by atoms with van der Waals surface area (Å²) in [5.41, 5.74) is 3.34. The molecule has 2 aromatic carbocycles. The maximum absolute atomic E-state index is 12.5. The molecule has 0 bridgehead atoms. The van der Waals surface area contributed by atoms with Gasteiger partial charge in [0.2, 0.25) is 5.91 Å². The van der Waals surface area contributed by atoms with Crippen LogP contribution in [0.15, 0.2) is 42.5 Å². The topological polar surface area (TPSA) is 46.1 Å². The Bertz CT molecular complexity index is 914. The second-order valence-electron chi connectivity index (χ2n) is 6.69.